The van der Waals surface area contributed by atoms with Gasteiger partial charge in [0.25, 0.3) is 0 Å². The van der Waals surface area contributed by atoms with E-state index in [2.05, 4.69) is 53.5 Å². The highest BCUT2D eigenvalue weighted by atomic mass is 16.5. The largest absolute Gasteiger partial charge is 0.465 e. The summed E-state index contributed by atoms with van der Waals surface area (Å²) in [6, 6.07) is 13.6. The first kappa shape index (κ1) is 17.0. The van der Waals surface area contributed by atoms with Gasteiger partial charge < -0.3 is 10.1 Å². The Morgan fingerprint density at radius 1 is 1.11 bits per heavy atom. The van der Waals surface area contributed by atoms with Crippen LogP contribution in [0.1, 0.15) is 38.7 Å². The van der Waals surface area contributed by atoms with Gasteiger partial charge >= 0.3 is 5.97 Å². The van der Waals surface area contributed by atoms with Gasteiger partial charge in [-0.25, -0.2) is 9.48 Å². The van der Waals surface area contributed by atoms with Gasteiger partial charge in [-0.3, -0.25) is 0 Å². The number of carbonyl (C=O) groups excluding carboxylic acids is 1. The number of fused-ring (bicyclic) bond motifs is 1. The number of ether oxygens (including phenoxy) is 1. The molecule has 0 bridgehead atoms. The summed E-state index contributed by atoms with van der Waals surface area (Å²) in [5.41, 5.74) is 6.11. The second-order valence-electron chi connectivity index (χ2n) is 6.59. The highest BCUT2D eigenvalue weighted by molar-refractivity contribution is 5.89. The number of allylic oxidation sites excluding steroid dienone is 1. The summed E-state index contributed by atoms with van der Waals surface area (Å²) in [7, 11) is 1.38. The molecule has 0 radical (unpaired) electrons. The van der Waals surface area contributed by atoms with Gasteiger partial charge in [-0.05, 0) is 60.4 Å². The molecule has 1 aromatic heterocycles. The first-order chi connectivity index (χ1) is 13.1. The Morgan fingerprint density at radius 2 is 1.89 bits per heavy atom. The van der Waals surface area contributed by atoms with Crippen LogP contribution in [-0.2, 0) is 4.74 Å². The molecule has 0 saturated carbocycles. The summed E-state index contributed by atoms with van der Waals surface area (Å²) in [5.74, 6) is 0.340. The Bertz CT molecular complexity index is 1030. The number of methoxy groups -OCH3 is 1. The Balaban J connectivity index is 1.75. The molecular weight excluding hydrogens is 340 g/mol. The van der Waals surface area contributed by atoms with Gasteiger partial charge in [-0.15, -0.1) is 0 Å². The summed E-state index contributed by atoms with van der Waals surface area (Å²) in [5, 5.41) is 7.71. The molecule has 136 valence electrons. The molecule has 0 spiro atoms. The second-order valence-corrected chi connectivity index (χ2v) is 6.59. The summed E-state index contributed by atoms with van der Waals surface area (Å²) >= 11 is 0. The fraction of sp³-hybridized carbons (Fsp3) is 0.190. The Labute approximate surface area is 157 Å². The van der Waals surface area contributed by atoms with Crippen molar-refractivity contribution in [1.82, 2.24) is 14.8 Å². The van der Waals surface area contributed by atoms with E-state index in [1.54, 1.807) is 12.1 Å². The summed E-state index contributed by atoms with van der Waals surface area (Å²) in [4.78, 5) is 16.0. The number of anilines is 1. The van der Waals surface area contributed by atoms with Crippen LogP contribution in [0.5, 0.6) is 0 Å². The van der Waals surface area contributed by atoms with Crippen LogP contribution < -0.4 is 5.32 Å². The molecule has 1 aliphatic rings. The molecule has 3 aromatic rings. The molecule has 2 heterocycles. The Hall–Kier alpha value is -3.41. The van der Waals surface area contributed by atoms with Crippen molar-refractivity contribution in [2.45, 2.75) is 19.9 Å². The van der Waals surface area contributed by atoms with E-state index in [1.807, 2.05) is 16.8 Å². The molecular formula is C21H20N4O2. The van der Waals surface area contributed by atoms with E-state index in [0.717, 1.165) is 16.8 Å². The standard InChI is InChI=1S/C21H20N4O2/c1-13-4-5-17(10-14(13)2)18-11-19(25-21(24-18)22-12-23-25)15-6-8-16(9-7-15)20(26)27-3/h4-12,19H,1-3H3,(H,22,23,24). The molecule has 27 heavy (non-hydrogen) atoms. The van der Waals surface area contributed by atoms with Gasteiger partial charge in [0, 0.05) is 5.70 Å². The molecule has 6 nitrogen and oxygen atoms in total. The van der Waals surface area contributed by atoms with Gasteiger partial charge in [0.15, 0.2) is 0 Å². The summed E-state index contributed by atoms with van der Waals surface area (Å²) in [6.45, 7) is 4.21. The molecule has 0 saturated heterocycles. The van der Waals surface area contributed by atoms with Crippen LogP contribution in [0, 0.1) is 13.8 Å². The smallest absolute Gasteiger partial charge is 0.337 e. The number of nitrogens with one attached hydrogen (secondary N) is 1. The molecule has 1 N–H and O–H groups in total. The van der Waals surface area contributed by atoms with Crippen molar-refractivity contribution in [3.05, 3.63) is 82.7 Å². The SMILES string of the molecule is COC(=O)c1ccc(C2C=C(c3ccc(C)c(C)c3)Nc3ncnn32)cc1. The minimum absolute atomic E-state index is 0.118. The lowest BCUT2D eigenvalue weighted by Crippen LogP contribution is -2.20. The van der Waals surface area contributed by atoms with E-state index in [4.69, 9.17) is 4.74 Å². The molecule has 0 fully saturated rings. The van der Waals surface area contributed by atoms with E-state index < -0.39 is 0 Å². The first-order valence-corrected chi connectivity index (χ1v) is 8.71. The van der Waals surface area contributed by atoms with Crippen LogP contribution in [-0.4, -0.2) is 27.8 Å². The predicted molar refractivity (Wildman–Crippen MR) is 103 cm³/mol. The minimum Gasteiger partial charge on any atom is -0.465 e. The zero-order valence-electron chi connectivity index (χ0n) is 15.4. The fourth-order valence-electron chi connectivity index (χ4n) is 3.18. The highest BCUT2D eigenvalue weighted by Gasteiger charge is 2.23. The molecule has 0 amide bonds. The van der Waals surface area contributed by atoms with Crippen molar-refractivity contribution in [3.8, 4) is 0 Å². The van der Waals surface area contributed by atoms with Crippen molar-refractivity contribution in [2.75, 3.05) is 12.4 Å². The normalized spacial score (nSPS) is 15.5. The van der Waals surface area contributed by atoms with Gasteiger partial charge in [0.2, 0.25) is 5.95 Å². The first-order valence-electron chi connectivity index (χ1n) is 8.71. The molecule has 6 heteroatoms. The van der Waals surface area contributed by atoms with Crippen molar-refractivity contribution >= 4 is 17.6 Å². The fourth-order valence-corrected chi connectivity index (χ4v) is 3.18. The third-order valence-electron chi connectivity index (χ3n) is 4.90. The maximum atomic E-state index is 11.7. The van der Waals surface area contributed by atoms with E-state index >= 15 is 0 Å². The Morgan fingerprint density at radius 3 is 2.59 bits per heavy atom. The number of aryl methyl sites for hydroxylation is 2. The average molecular weight is 360 g/mol. The van der Waals surface area contributed by atoms with Crippen LogP contribution in [0.3, 0.4) is 0 Å². The average Bonchev–Trinajstić information content (AvgIpc) is 3.17. The monoisotopic (exact) mass is 360 g/mol. The van der Waals surface area contributed by atoms with Gasteiger partial charge in [-0.1, -0.05) is 24.3 Å². The number of hydrogen-bond donors (Lipinski definition) is 1. The van der Waals surface area contributed by atoms with E-state index in [0.29, 0.717) is 11.5 Å². The van der Waals surface area contributed by atoms with Crippen molar-refractivity contribution in [3.63, 3.8) is 0 Å². The number of carbonyl (C=O) groups is 1. The summed E-state index contributed by atoms with van der Waals surface area (Å²) in [6.07, 6.45) is 3.66. The summed E-state index contributed by atoms with van der Waals surface area (Å²) < 4.78 is 6.60. The maximum Gasteiger partial charge on any atom is 0.337 e. The number of rotatable bonds is 3. The van der Waals surface area contributed by atoms with Crippen molar-refractivity contribution in [2.24, 2.45) is 0 Å². The number of benzene rings is 2. The van der Waals surface area contributed by atoms with Crippen molar-refractivity contribution < 1.29 is 9.53 Å². The molecule has 1 aliphatic heterocycles. The molecule has 1 atom stereocenters. The van der Waals surface area contributed by atoms with Crippen LogP contribution in [0.2, 0.25) is 0 Å². The zero-order chi connectivity index (χ0) is 19.0. The number of hydrogen-bond acceptors (Lipinski definition) is 5. The number of nitrogens with zero attached hydrogens (tertiary/aromatic N) is 3. The third-order valence-corrected chi connectivity index (χ3v) is 4.90. The molecule has 0 aliphatic carbocycles. The van der Waals surface area contributed by atoms with Crippen LogP contribution in [0.15, 0.2) is 54.9 Å². The van der Waals surface area contributed by atoms with Crippen LogP contribution >= 0.6 is 0 Å². The lowest BCUT2D eigenvalue weighted by molar-refractivity contribution is 0.0600. The quantitative estimate of drug-likeness (QED) is 0.721. The number of esters is 1. The van der Waals surface area contributed by atoms with Crippen LogP contribution in [0.25, 0.3) is 5.70 Å². The van der Waals surface area contributed by atoms with Gasteiger partial charge in [0.05, 0.1) is 12.7 Å². The van der Waals surface area contributed by atoms with E-state index in [-0.39, 0.29) is 12.0 Å². The highest BCUT2D eigenvalue weighted by Crippen LogP contribution is 2.32. The maximum absolute atomic E-state index is 11.7. The van der Waals surface area contributed by atoms with Gasteiger partial charge in [0.1, 0.15) is 12.4 Å². The molecule has 2 aromatic carbocycles. The molecule has 4 rings (SSSR count). The number of aromatic nitrogens is 3. The van der Waals surface area contributed by atoms with Crippen molar-refractivity contribution in [1.29, 1.82) is 0 Å². The van der Waals surface area contributed by atoms with E-state index in [9.17, 15) is 4.79 Å². The lowest BCUT2D eigenvalue weighted by atomic mass is 9.99. The Kier molecular flexibility index (Phi) is 4.24. The second kappa shape index (κ2) is 6.72. The zero-order valence-corrected chi connectivity index (χ0v) is 15.4. The van der Waals surface area contributed by atoms with E-state index in [1.165, 1.54) is 24.6 Å². The third kappa shape index (κ3) is 3.10. The lowest BCUT2D eigenvalue weighted by Gasteiger charge is -2.24. The van der Waals surface area contributed by atoms with Gasteiger partial charge in [-0.2, -0.15) is 10.1 Å². The minimum atomic E-state index is -0.348. The molecule has 1 unspecified atom stereocenters. The van der Waals surface area contributed by atoms with Crippen LogP contribution in [0.4, 0.5) is 5.95 Å². The predicted octanol–water partition coefficient (Wildman–Crippen LogP) is 3.74. The topological polar surface area (TPSA) is 69.0 Å².